The monoisotopic (exact) mass is 306 g/mol. The second-order valence-electron chi connectivity index (χ2n) is 5.77. The van der Waals surface area contributed by atoms with Crippen molar-refractivity contribution in [3.05, 3.63) is 35.6 Å². The van der Waals surface area contributed by atoms with Crippen LogP contribution in [0.4, 0.5) is 4.39 Å². The standard InChI is InChI=1S/C16H19FN2O3/c17-14-3-1-2-12(8-14)9-18-5-6-19(10-15(18)20)16(21)13-4-7-22-11-13/h1-3,8,13H,4-7,9-11H2/t13-/m1/s1. The van der Waals surface area contributed by atoms with E-state index in [1.54, 1.807) is 21.9 Å². The van der Waals surface area contributed by atoms with Crippen molar-refractivity contribution in [1.29, 1.82) is 0 Å². The van der Waals surface area contributed by atoms with E-state index >= 15 is 0 Å². The van der Waals surface area contributed by atoms with Gasteiger partial charge >= 0.3 is 0 Å². The van der Waals surface area contributed by atoms with Crippen molar-refractivity contribution >= 4 is 11.8 Å². The van der Waals surface area contributed by atoms with Crippen molar-refractivity contribution < 1.29 is 18.7 Å². The molecule has 118 valence electrons. The summed E-state index contributed by atoms with van der Waals surface area (Å²) in [5.74, 6) is -0.499. The predicted molar refractivity (Wildman–Crippen MR) is 77.3 cm³/mol. The van der Waals surface area contributed by atoms with Crippen molar-refractivity contribution in [1.82, 2.24) is 9.80 Å². The highest BCUT2D eigenvalue weighted by Crippen LogP contribution is 2.18. The fourth-order valence-corrected chi connectivity index (χ4v) is 2.91. The summed E-state index contributed by atoms with van der Waals surface area (Å²) >= 11 is 0. The average Bonchev–Trinajstić information content (AvgIpc) is 3.03. The third kappa shape index (κ3) is 3.27. The Labute approximate surface area is 128 Å². The number of halogens is 1. The minimum atomic E-state index is -0.306. The molecule has 0 saturated carbocycles. The molecule has 2 fully saturated rings. The van der Waals surface area contributed by atoms with Crippen molar-refractivity contribution in [2.24, 2.45) is 5.92 Å². The van der Waals surface area contributed by atoms with Gasteiger partial charge in [0.05, 0.1) is 19.1 Å². The first-order valence-electron chi connectivity index (χ1n) is 7.52. The van der Waals surface area contributed by atoms with Crippen LogP contribution in [0, 0.1) is 11.7 Å². The van der Waals surface area contributed by atoms with E-state index in [2.05, 4.69) is 0 Å². The number of benzene rings is 1. The molecule has 0 aliphatic carbocycles. The molecule has 6 heteroatoms. The summed E-state index contributed by atoms with van der Waals surface area (Å²) in [5.41, 5.74) is 0.761. The topological polar surface area (TPSA) is 49.9 Å². The van der Waals surface area contributed by atoms with Gasteiger partial charge in [0.2, 0.25) is 11.8 Å². The van der Waals surface area contributed by atoms with E-state index in [4.69, 9.17) is 4.74 Å². The third-order valence-corrected chi connectivity index (χ3v) is 4.17. The number of nitrogens with zero attached hydrogens (tertiary/aromatic N) is 2. The Morgan fingerprint density at radius 3 is 2.91 bits per heavy atom. The molecule has 2 saturated heterocycles. The molecule has 0 bridgehead atoms. The molecule has 0 spiro atoms. The maximum atomic E-state index is 13.2. The largest absolute Gasteiger partial charge is 0.381 e. The van der Waals surface area contributed by atoms with Crippen LogP contribution in [0.2, 0.25) is 0 Å². The van der Waals surface area contributed by atoms with Crippen LogP contribution >= 0.6 is 0 Å². The summed E-state index contributed by atoms with van der Waals surface area (Å²) in [6, 6.07) is 6.24. The second-order valence-corrected chi connectivity index (χ2v) is 5.77. The number of amides is 2. The molecule has 0 radical (unpaired) electrons. The summed E-state index contributed by atoms with van der Waals surface area (Å²) in [4.78, 5) is 27.8. The van der Waals surface area contributed by atoms with Crippen molar-refractivity contribution in [2.45, 2.75) is 13.0 Å². The van der Waals surface area contributed by atoms with E-state index < -0.39 is 0 Å². The maximum Gasteiger partial charge on any atom is 0.242 e. The molecular weight excluding hydrogens is 287 g/mol. The van der Waals surface area contributed by atoms with Crippen molar-refractivity contribution in [3.63, 3.8) is 0 Å². The fourth-order valence-electron chi connectivity index (χ4n) is 2.91. The zero-order valence-electron chi connectivity index (χ0n) is 12.3. The number of rotatable bonds is 3. The van der Waals surface area contributed by atoms with Crippen LogP contribution in [0.1, 0.15) is 12.0 Å². The first-order chi connectivity index (χ1) is 10.6. The van der Waals surface area contributed by atoms with E-state index in [0.29, 0.717) is 32.8 Å². The van der Waals surface area contributed by atoms with Gasteiger partial charge < -0.3 is 14.5 Å². The summed E-state index contributed by atoms with van der Waals surface area (Å²) < 4.78 is 18.4. The molecule has 2 aliphatic heterocycles. The van der Waals surface area contributed by atoms with Gasteiger partial charge in [-0.25, -0.2) is 4.39 Å². The predicted octanol–water partition coefficient (Wildman–Crippen LogP) is 1.03. The van der Waals surface area contributed by atoms with Gasteiger partial charge in [-0.3, -0.25) is 9.59 Å². The fraction of sp³-hybridized carbons (Fsp3) is 0.500. The minimum absolute atomic E-state index is 0.0104. The van der Waals surface area contributed by atoms with Crippen LogP contribution in [0.5, 0.6) is 0 Å². The highest BCUT2D eigenvalue weighted by Gasteiger charge is 2.32. The Morgan fingerprint density at radius 2 is 2.23 bits per heavy atom. The number of carbonyl (C=O) groups is 2. The van der Waals surface area contributed by atoms with Gasteiger partial charge in [-0.05, 0) is 24.1 Å². The molecule has 5 nitrogen and oxygen atoms in total. The lowest BCUT2D eigenvalue weighted by atomic mass is 10.1. The van der Waals surface area contributed by atoms with E-state index in [0.717, 1.165) is 12.0 Å². The number of carbonyl (C=O) groups excluding carboxylic acids is 2. The number of piperazine rings is 1. The zero-order chi connectivity index (χ0) is 15.5. The van der Waals surface area contributed by atoms with E-state index in [1.165, 1.54) is 12.1 Å². The lowest BCUT2D eigenvalue weighted by Crippen LogP contribution is -2.53. The number of ether oxygens (including phenoxy) is 1. The molecule has 2 heterocycles. The Bertz CT molecular complexity index is 572. The lowest BCUT2D eigenvalue weighted by molar-refractivity contribution is -0.148. The molecular formula is C16H19FN2O3. The summed E-state index contributed by atoms with van der Waals surface area (Å²) in [5, 5.41) is 0. The van der Waals surface area contributed by atoms with Crippen LogP contribution in [-0.4, -0.2) is 54.5 Å². The summed E-state index contributed by atoms with van der Waals surface area (Å²) in [7, 11) is 0. The first-order valence-corrected chi connectivity index (χ1v) is 7.52. The molecule has 0 aromatic heterocycles. The second kappa shape index (κ2) is 6.44. The van der Waals surface area contributed by atoms with Gasteiger partial charge in [-0.2, -0.15) is 0 Å². The molecule has 2 aliphatic rings. The average molecular weight is 306 g/mol. The van der Waals surface area contributed by atoms with Gasteiger partial charge in [0.25, 0.3) is 0 Å². The van der Waals surface area contributed by atoms with Crippen LogP contribution in [0.25, 0.3) is 0 Å². The molecule has 1 atom stereocenters. The van der Waals surface area contributed by atoms with Crippen LogP contribution in [0.3, 0.4) is 0 Å². The van der Waals surface area contributed by atoms with Gasteiger partial charge in [0.15, 0.2) is 0 Å². The molecule has 1 aromatic rings. The third-order valence-electron chi connectivity index (χ3n) is 4.17. The van der Waals surface area contributed by atoms with Gasteiger partial charge in [-0.1, -0.05) is 12.1 Å². The Hall–Kier alpha value is -1.95. The number of hydrogen-bond acceptors (Lipinski definition) is 3. The Balaban J connectivity index is 1.58. The summed E-state index contributed by atoms with van der Waals surface area (Å²) in [6.07, 6.45) is 0.733. The normalized spacial score (nSPS) is 22.2. The zero-order valence-corrected chi connectivity index (χ0v) is 12.3. The highest BCUT2D eigenvalue weighted by atomic mass is 19.1. The van der Waals surface area contributed by atoms with Crippen LogP contribution in [-0.2, 0) is 20.9 Å². The first kappa shape index (κ1) is 15.0. The van der Waals surface area contributed by atoms with Gasteiger partial charge in [-0.15, -0.1) is 0 Å². The maximum absolute atomic E-state index is 13.2. The molecule has 1 aromatic carbocycles. The molecule has 2 amide bonds. The molecule has 3 rings (SSSR count). The van der Waals surface area contributed by atoms with Gasteiger partial charge in [0.1, 0.15) is 5.82 Å². The lowest BCUT2D eigenvalue weighted by Gasteiger charge is -2.35. The van der Waals surface area contributed by atoms with Crippen molar-refractivity contribution in [2.75, 3.05) is 32.8 Å². The van der Waals surface area contributed by atoms with Gasteiger partial charge in [0, 0.05) is 26.2 Å². The smallest absolute Gasteiger partial charge is 0.242 e. The quantitative estimate of drug-likeness (QED) is 0.838. The van der Waals surface area contributed by atoms with E-state index in [1.807, 2.05) is 0 Å². The minimum Gasteiger partial charge on any atom is -0.381 e. The van der Waals surface area contributed by atoms with Crippen molar-refractivity contribution in [3.8, 4) is 0 Å². The highest BCUT2D eigenvalue weighted by molar-refractivity contribution is 5.87. The van der Waals surface area contributed by atoms with Crippen LogP contribution in [0.15, 0.2) is 24.3 Å². The molecule has 22 heavy (non-hydrogen) atoms. The Kier molecular flexibility index (Phi) is 4.38. The Morgan fingerprint density at radius 1 is 1.36 bits per heavy atom. The molecule has 0 unspecified atom stereocenters. The van der Waals surface area contributed by atoms with E-state index in [9.17, 15) is 14.0 Å². The molecule has 0 N–H and O–H groups in total. The SMILES string of the molecule is O=C1CN(C(=O)[C@@H]2CCOC2)CCN1Cc1cccc(F)c1. The summed E-state index contributed by atoms with van der Waals surface area (Å²) in [6.45, 7) is 2.56. The van der Waals surface area contributed by atoms with E-state index in [-0.39, 0.29) is 30.1 Å². The number of hydrogen-bond donors (Lipinski definition) is 0. The van der Waals surface area contributed by atoms with Crippen LogP contribution < -0.4 is 0 Å².